The van der Waals surface area contributed by atoms with Gasteiger partial charge in [0.1, 0.15) is 23.9 Å². The summed E-state index contributed by atoms with van der Waals surface area (Å²) >= 11 is 6.13. The Labute approximate surface area is 719 Å². The van der Waals surface area contributed by atoms with Gasteiger partial charge in [0.05, 0.1) is 60.6 Å². The van der Waals surface area contributed by atoms with Gasteiger partial charge in [0.2, 0.25) is 6.79 Å². The molecule has 0 unspecified atom stereocenters. The molecule has 0 bridgehead atoms. The molecule has 19 heteroatoms. The maximum absolute atomic E-state index is 13.4. The Balaban J connectivity index is 0.000000111. The van der Waals surface area contributed by atoms with Gasteiger partial charge in [-0.1, -0.05) is 236 Å². The van der Waals surface area contributed by atoms with Crippen molar-refractivity contribution in [2.45, 2.75) is 24.2 Å². The number of rotatable bonds is 14. The highest BCUT2D eigenvalue weighted by atomic mass is 35.5. The summed E-state index contributed by atoms with van der Waals surface area (Å²) in [5.74, 6) is 3.19. The molecular formula is C103H100ClN9O9. The van der Waals surface area contributed by atoms with E-state index in [0.29, 0.717) is 102 Å². The van der Waals surface area contributed by atoms with Crippen LogP contribution in [0.15, 0.2) is 279 Å². The summed E-state index contributed by atoms with van der Waals surface area (Å²) in [6.07, 6.45) is 0. The van der Waals surface area contributed by atoms with Crippen LogP contribution in [-0.4, -0.2) is 221 Å². The number of methoxy groups -OCH3 is 2. The maximum Gasteiger partial charge on any atom is 0.257 e. The fourth-order valence-corrected chi connectivity index (χ4v) is 19.6. The van der Waals surface area contributed by atoms with Crippen molar-refractivity contribution < 1.29 is 42.9 Å². The zero-order valence-corrected chi connectivity index (χ0v) is 70.1. The zero-order valence-electron chi connectivity index (χ0n) is 69.4. The van der Waals surface area contributed by atoms with Crippen LogP contribution in [-0.2, 0) is 0 Å². The Morgan fingerprint density at radius 3 is 0.934 bits per heavy atom. The number of hydrogen-bond acceptors (Lipinski definition) is 14. The minimum absolute atomic E-state index is 0.0178. The summed E-state index contributed by atoms with van der Waals surface area (Å²) in [4.78, 5) is 72.5. The van der Waals surface area contributed by atoms with E-state index in [-0.39, 0.29) is 54.6 Å². The lowest BCUT2D eigenvalue weighted by atomic mass is 10.0. The minimum Gasteiger partial charge on any atom is -0.496 e. The van der Waals surface area contributed by atoms with E-state index in [0.717, 1.165) is 72.0 Å². The molecule has 0 aromatic heterocycles. The molecular weight excluding hydrogens is 1540 g/mol. The molecule has 122 heavy (non-hydrogen) atoms. The predicted molar refractivity (Wildman–Crippen MR) is 479 cm³/mol. The van der Waals surface area contributed by atoms with Crippen molar-refractivity contribution in [3.63, 3.8) is 0 Å². The Morgan fingerprint density at radius 1 is 0.320 bits per heavy atom. The van der Waals surface area contributed by atoms with Crippen LogP contribution in [0.1, 0.15) is 110 Å². The van der Waals surface area contributed by atoms with Gasteiger partial charge in [-0.05, 0) is 158 Å². The molecule has 618 valence electrons. The van der Waals surface area contributed by atoms with E-state index in [9.17, 15) is 19.2 Å². The third-order valence-corrected chi connectivity index (χ3v) is 25.6. The summed E-state index contributed by atoms with van der Waals surface area (Å²) in [5, 5.41) is 0.539. The highest BCUT2D eigenvalue weighted by molar-refractivity contribution is 6.31. The van der Waals surface area contributed by atoms with Gasteiger partial charge in [-0.15, -0.1) is 0 Å². The molecule has 12 aromatic rings. The summed E-state index contributed by atoms with van der Waals surface area (Å²) in [5.41, 5.74) is 24.0. The Bertz CT molecular complexity index is 5540. The molecule has 0 saturated carbocycles. The van der Waals surface area contributed by atoms with Crippen LogP contribution < -0.4 is 23.7 Å². The van der Waals surface area contributed by atoms with Crippen LogP contribution in [0, 0.1) is 0 Å². The topological polar surface area (TPSA) is 144 Å². The number of carbonyl (C=O) groups excluding carboxylic acids is 4. The SMILES string of the molecule is CN(C)CCOc1ccccc1C(=O)N1CCN(C2c3ccccc3-c3ccccc32)CC1.COc1ccc(Cl)cc1C(=O)N1CCN(C2c3ccccc3-c3ccccc32)CC1.COc1ccccc1C(=O)N1CCN(C2c3ccccc3-c3ccccc32)CC1.O=C(c1cccc2c1OCO2)N1CCN(C2c3ccccc3-c3ccccc32)CC1. The van der Waals surface area contributed by atoms with Gasteiger partial charge >= 0.3 is 0 Å². The smallest absolute Gasteiger partial charge is 0.257 e. The minimum atomic E-state index is -0.0266. The van der Waals surface area contributed by atoms with Crippen molar-refractivity contribution in [2.24, 2.45) is 0 Å². The van der Waals surface area contributed by atoms with Crippen molar-refractivity contribution in [1.82, 2.24) is 44.1 Å². The van der Waals surface area contributed by atoms with Crippen molar-refractivity contribution in [3.8, 4) is 73.3 Å². The van der Waals surface area contributed by atoms with Gasteiger partial charge < -0.3 is 48.2 Å². The fraction of sp³-hybridized carbons (Fsp3) is 0.262. The van der Waals surface area contributed by atoms with Gasteiger partial charge in [0.15, 0.2) is 11.5 Å². The molecule has 4 amide bonds. The first-order chi connectivity index (χ1) is 59.9. The van der Waals surface area contributed by atoms with Crippen LogP contribution in [0.3, 0.4) is 0 Å². The second-order valence-electron chi connectivity index (χ2n) is 32.4. The van der Waals surface area contributed by atoms with Crippen LogP contribution in [0.2, 0.25) is 5.02 Å². The van der Waals surface area contributed by atoms with Gasteiger partial charge in [0.25, 0.3) is 23.6 Å². The van der Waals surface area contributed by atoms with E-state index in [2.05, 4.69) is 219 Å². The van der Waals surface area contributed by atoms with Crippen molar-refractivity contribution >= 4 is 35.2 Å². The van der Waals surface area contributed by atoms with E-state index in [1.54, 1.807) is 32.4 Å². The van der Waals surface area contributed by atoms with Crippen molar-refractivity contribution in [2.75, 3.05) is 153 Å². The highest BCUT2D eigenvalue weighted by Gasteiger charge is 2.41. The van der Waals surface area contributed by atoms with Crippen LogP contribution in [0.5, 0.6) is 28.7 Å². The molecule has 5 heterocycles. The summed E-state index contributed by atoms with van der Waals surface area (Å²) in [6.45, 7) is 13.9. The quantitative estimate of drug-likeness (QED) is 0.102. The number of nitrogens with zero attached hydrogens (tertiary/aromatic N) is 9. The van der Waals surface area contributed by atoms with Crippen molar-refractivity contribution in [3.05, 3.63) is 351 Å². The summed E-state index contributed by atoms with van der Waals surface area (Å²) in [7, 11) is 7.22. The van der Waals surface area contributed by atoms with Crippen LogP contribution in [0.4, 0.5) is 0 Å². The van der Waals surface area contributed by atoms with E-state index < -0.39 is 0 Å². The molecule has 0 atom stereocenters. The highest BCUT2D eigenvalue weighted by Crippen LogP contribution is 2.51. The third-order valence-electron chi connectivity index (χ3n) is 25.3. The standard InChI is InChI=1S/C28H31N3O2.C25H23ClN2O2.C25H22N2O3.C25H24N2O2/c1-29(2)19-20-33-26-14-8-7-13-25(26)28(32)31-17-15-30(16-18-31)27-23-11-5-3-9-21(23)22-10-4-6-12-24(22)27;1-30-23-11-10-17(26)16-22(23)25(29)28-14-12-27(13-15-28)24-20-8-4-2-6-18(20)19-7-3-5-9-21(19)24;28-25(21-10-5-11-22-24(21)30-16-29-22)27-14-12-26(13-15-27)23-19-8-3-1-6-17(19)18-7-2-4-9-20(18)23;1-29-23-13-7-6-12-22(23)25(28)27-16-14-26(15-17-27)24-20-10-4-2-8-18(20)19-9-3-5-11-21(19)24/h3-14,27H,15-20H2,1-2H3;2-11,16,24H,12-15H2,1H3;1-11,23H,12-16H2;2-13,24H,14-17H2,1H3. The Kier molecular flexibility index (Phi) is 23.9. The number of ether oxygens (including phenoxy) is 5. The largest absolute Gasteiger partial charge is 0.496 e. The predicted octanol–water partition coefficient (Wildman–Crippen LogP) is 17.2. The number of benzene rings is 12. The Hall–Kier alpha value is -12.4. The lowest BCUT2D eigenvalue weighted by Gasteiger charge is -2.39. The van der Waals surface area contributed by atoms with Crippen LogP contribution >= 0.6 is 11.6 Å². The number of carbonyl (C=O) groups is 4. The third kappa shape index (κ3) is 16.0. The molecule has 4 saturated heterocycles. The molecule has 9 aliphatic rings. The fourth-order valence-electron chi connectivity index (χ4n) is 19.4. The van der Waals surface area contributed by atoms with Gasteiger partial charge in [-0.2, -0.15) is 0 Å². The summed E-state index contributed by atoms with van der Waals surface area (Å²) < 4.78 is 27.7. The Morgan fingerprint density at radius 2 is 0.598 bits per heavy atom. The van der Waals surface area contributed by atoms with E-state index in [4.69, 9.17) is 35.3 Å². The first kappa shape index (κ1) is 80.7. The average molecular weight is 1640 g/mol. The number of amides is 4. The number of para-hydroxylation sites is 3. The number of piperazine rings is 4. The monoisotopic (exact) mass is 1640 g/mol. The van der Waals surface area contributed by atoms with Crippen LogP contribution in [0.25, 0.3) is 44.5 Å². The van der Waals surface area contributed by atoms with E-state index in [1.165, 1.54) is 89.0 Å². The molecule has 18 nitrogen and oxygen atoms in total. The molecule has 4 fully saturated rings. The zero-order chi connectivity index (χ0) is 83.3. The first-order valence-corrected chi connectivity index (χ1v) is 42.8. The molecule has 0 spiro atoms. The van der Waals surface area contributed by atoms with Gasteiger partial charge in [0, 0.05) is 116 Å². The molecule has 0 N–H and O–H groups in total. The van der Waals surface area contributed by atoms with Crippen molar-refractivity contribution in [1.29, 1.82) is 0 Å². The molecule has 21 rings (SSSR count). The van der Waals surface area contributed by atoms with E-state index in [1.807, 2.05) is 100 Å². The molecule has 5 aliphatic heterocycles. The average Bonchev–Trinajstić information content (AvgIpc) is 1.56. The lowest BCUT2D eigenvalue weighted by molar-refractivity contribution is 0.0589. The number of likely N-dealkylation sites (N-methyl/N-ethyl adjacent to an activating group) is 1. The molecule has 4 aliphatic carbocycles. The van der Waals surface area contributed by atoms with Gasteiger partial charge in [-0.3, -0.25) is 38.8 Å². The summed E-state index contributed by atoms with van der Waals surface area (Å²) in [6, 6.07) is 96.3. The normalized spacial score (nSPS) is 16.6. The molecule has 0 radical (unpaired) electrons. The van der Waals surface area contributed by atoms with E-state index >= 15 is 0 Å². The number of halogens is 1. The first-order valence-electron chi connectivity index (χ1n) is 42.5. The second kappa shape index (κ2) is 36.1. The lowest BCUT2D eigenvalue weighted by Crippen LogP contribution is -2.49. The number of fused-ring (bicyclic) bond motifs is 13. The number of hydrogen-bond donors (Lipinski definition) is 0. The second-order valence-corrected chi connectivity index (χ2v) is 32.8. The van der Waals surface area contributed by atoms with Gasteiger partial charge in [-0.25, -0.2) is 0 Å². The maximum atomic E-state index is 13.4. The molecule has 12 aromatic carbocycles.